The molecule has 4 nitrogen and oxygen atoms in total. The van der Waals surface area contributed by atoms with E-state index < -0.39 is 0 Å². The molecule has 0 atom stereocenters. The summed E-state index contributed by atoms with van der Waals surface area (Å²) < 4.78 is 8.40. The molecule has 2 rings (SSSR count). The standard InChI is InChI=1S/C13H14BrN3OS/c1-2-5-17-8-10(7-16-17)18-9-3-4-11(13(15)19)12(14)6-9/h3-4,6-8H,2,5H2,1H3,(H2,15,19). The Morgan fingerprint density at radius 1 is 1.47 bits per heavy atom. The number of hydrogen-bond donors (Lipinski definition) is 1. The summed E-state index contributed by atoms with van der Waals surface area (Å²) in [6.07, 6.45) is 4.61. The summed E-state index contributed by atoms with van der Waals surface area (Å²) in [6.45, 7) is 2.99. The average molecular weight is 340 g/mol. The van der Waals surface area contributed by atoms with Crippen LogP contribution < -0.4 is 10.5 Å². The Morgan fingerprint density at radius 2 is 2.26 bits per heavy atom. The van der Waals surface area contributed by atoms with Crippen LogP contribution in [0, 0.1) is 0 Å². The average Bonchev–Trinajstić information content (AvgIpc) is 2.76. The molecule has 0 bridgehead atoms. The van der Waals surface area contributed by atoms with Crippen LogP contribution >= 0.6 is 28.1 Å². The minimum Gasteiger partial charge on any atom is -0.454 e. The molecule has 0 aliphatic carbocycles. The molecule has 1 heterocycles. The van der Waals surface area contributed by atoms with Crippen LogP contribution in [-0.2, 0) is 6.54 Å². The van der Waals surface area contributed by atoms with E-state index in [9.17, 15) is 0 Å². The molecule has 19 heavy (non-hydrogen) atoms. The van der Waals surface area contributed by atoms with Crippen LogP contribution in [0.25, 0.3) is 0 Å². The number of aryl methyl sites for hydroxylation is 1. The fourth-order valence-electron chi connectivity index (χ4n) is 1.64. The van der Waals surface area contributed by atoms with Crippen LogP contribution in [0.4, 0.5) is 0 Å². The van der Waals surface area contributed by atoms with E-state index in [4.69, 9.17) is 22.7 Å². The first-order valence-corrected chi connectivity index (χ1v) is 7.10. The van der Waals surface area contributed by atoms with E-state index in [0.29, 0.717) is 16.5 Å². The van der Waals surface area contributed by atoms with Gasteiger partial charge in [0.25, 0.3) is 0 Å². The van der Waals surface area contributed by atoms with E-state index >= 15 is 0 Å². The molecule has 2 aromatic rings. The normalized spacial score (nSPS) is 10.4. The third-order valence-corrected chi connectivity index (χ3v) is 3.38. The number of nitrogens with zero attached hydrogens (tertiary/aromatic N) is 2. The van der Waals surface area contributed by atoms with Gasteiger partial charge in [-0.1, -0.05) is 19.1 Å². The first-order chi connectivity index (χ1) is 9.10. The van der Waals surface area contributed by atoms with Gasteiger partial charge < -0.3 is 10.5 Å². The molecular weight excluding hydrogens is 326 g/mol. The van der Waals surface area contributed by atoms with Crippen LogP contribution in [-0.4, -0.2) is 14.8 Å². The monoisotopic (exact) mass is 339 g/mol. The topological polar surface area (TPSA) is 53.1 Å². The molecule has 0 aliphatic rings. The first-order valence-electron chi connectivity index (χ1n) is 5.90. The largest absolute Gasteiger partial charge is 0.454 e. The number of rotatable bonds is 5. The molecule has 1 aromatic heterocycles. The van der Waals surface area contributed by atoms with Gasteiger partial charge in [-0.3, -0.25) is 4.68 Å². The molecule has 0 unspecified atom stereocenters. The third kappa shape index (κ3) is 3.54. The first kappa shape index (κ1) is 14.0. The molecule has 2 N–H and O–H groups in total. The minimum atomic E-state index is 0.356. The lowest BCUT2D eigenvalue weighted by atomic mass is 10.2. The summed E-state index contributed by atoms with van der Waals surface area (Å²) in [5, 5.41) is 4.21. The number of ether oxygens (including phenoxy) is 1. The molecule has 0 saturated heterocycles. The lowest BCUT2D eigenvalue weighted by Gasteiger charge is -2.06. The van der Waals surface area contributed by atoms with Crippen molar-refractivity contribution in [2.75, 3.05) is 0 Å². The molecule has 0 saturated carbocycles. The molecule has 0 spiro atoms. The van der Waals surface area contributed by atoms with Gasteiger partial charge in [0, 0.05) is 16.6 Å². The van der Waals surface area contributed by atoms with Crippen LogP contribution in [0.3, 0.4) is 0 Å². The second-order valence-corrected chi connectivity index (χ2v) is 5.34. The maximum absolute atomic E-state index is 5.72. The zero-order valence-corrected chi connectivity index (χ0v) is 12.9. The number of aromatic nitrogens is 2. The van der Waals surface area contributed by atoms with Crippen molar-refractivity contribution in [3.05, 3.63) is 40.6 Å². The molecule has 100 valence electrons. The van der Waals surface area contributed by atoms with Gasteiger partial charge in [0.15, 0.2) is 5.75 Å². The lowest BCUT2D eigenvalue weighted by molar-refractivity contribution is 0.480. The van der Waals surface area contributed by atoms with Gasteiger partial charge in [-0.05, 0) is 40.5 Å². The maximum Gasteiger partial charge on any atom is 0.165 e. The number of thiocarbonyl (C=S) groups is 1. The molecule has 0 fully saturated rings. The zero-order valence-electron chi connectivity index (χ0n) is 10.5. The van der Waals surface area contributed by atoms with E-state index in [0.717, 1.165) is 23.0 Å². The Bertz CT molecular complexity index is 597. The summed E-state index contributed by atoms with van der Waals surface area (Å²) in [7, 11) is 0. The summed E-state index contributed by atoms with van der Waals surface area (Å²) in [6, 6.07) is 5.50. The van der Waals surface area contributed by atoms with E-state index in [-0.39, 0.29) is 0 Å². The highest BCUT2D eigenvalue weighted by Crippen LogP contribution is 2.26. The molecular formula is C13H14BrN3OS. The van der Waals surface area contributed by atoms with Gasteiger partial charge in [0.2, 0.25) is 0 Å². The van der Waals surface area contributed by atoms with E-state index in [1.165, 1.54) is 0 Å². The highest BCUT2D eigenvalue weighted by Gasteiger charge is 2.06. The van der Waals surface area contributed by atoms with Gasteiger partial charge in [-0.25, -0.2) is 0 Å². The highest BCUT2D eigenvalue weighted by molar-refractivity contribution is 9.10. The van der Waals surface area contributed by atoms with Crippen molar-refractivity contribution < 1.29 is 4.74 Å². The fraction of sp³-hybridized carbons (Fsp3) is 0.231. The molecule has 0 amide bonds. The zero-order chi connectivity index (χ0) is 13.8. The van der Waals surface area contributed by atoms with Crippen molar-refractivity contribution in [1.29, 1.82) is 0 Å². The van der Waals surface area contributed by atoms with Gasteiger partial charge in [0.1, 0.15) is 10.7 Å². The second kappa shape index (κ2) is 6.16. The summed E-state index contributed by atoms with van der Waals surface area (Å²) in [4.78, 5) is 0.356. The van der Waals surface area contributed by atoms with Gasteiger partial charge in [0.05, 0.1) is 12.4 Å². The Balaban J connectivity index is 2.14. The van der Waals surface area contributed by atoms with Crippen LogP contribution in [0.1, 0.15) is 18.9 Å². The van der Waals surface area contributed by atoms with Gasteiger partial charge in [-0.15, -0.1) is 0 Å². The van der Waals surface area contributed by atoms with Crippen molar-refractivity contribution in [2.45, 2.75) is 19.9 Å². The Kier molecular flexibility index (Phi) is 4.55. The van der Waals surface area contributed by atoms with E-state index in [1.54, 1.807) is 6.20 Å². The van der Waals surface area contributed by atoms with Crippen LogP contribution in [0.2, 0.25) is 0 Å². The van der Waals surface area contributed by atoms with Crippen LogP contribution in [0.5, 0.6) is 11.5 Å². The SMILES string of the molecule is CCCn1cc(Oc2ccc(C(N)=S)c(Br)c2)cn1. The Morgan fingerprint density at radius 3 is 2.89 bits per heavy atom. The summed E-state index contributed by atoms with van der Waals surface area (Å²) >= 11 is 8.37. The second-order valence-electron chi connectivity index (χ2n) is 4.05. The number of nitrogens with two attached hydrogens (primary N) is 1. The molecule has 6 heteroatoms. The lowest BCUT2D eigenvalue weighted by Crippen LogP contribution is -2.09. The maximum atomic E-state index is 5.72. The minimum absolute atomic E-state index is 0.356. The predicted octanol–water partition coefficient (Wildman–Crippen LogP) is 3.48. The molecule has 0 radical (unpaired) electrons. The Hall–Kier alpha value is -1.40. The third-order valence-electron chi connectivity index (χ3n) is 2.50. The highest BCUT2D eigenvalue weighted by atomic mass is 79.9. The molecule has 1 aromatic carbocycles. The van der Waals surface area contributed by atoms with Crippen LogP contribution in [0.15, 0.2) is 35.1 Å². The van der Waals surface area contributed by atoms with Crippen molar-refractivity contribution in [3.8, 4) is 11.5 Å². The smallest absolute Gasteiger partial charge is 0.165 e. The number of halogens is 1. The fourth-order valence-corrected chi connectivity index (χ4v) is 2.52. The van der Waals surface area contributed by atoms with Crippen molar-refractivity contribution >= 4 is 33.1 Å². The van der Waals surface area contributed by atoms with Crippen molar-refractivity contribution in [2.24, 2.45) is 5.73 Å². The van der Waals surface area contributed by atoms with E-state index in [1.807, 2.05) is 29.1 Å². The van der Waals surface area contributed by atoms with E-state index in [2.05, 4.69) is 28.0 Å². The summed E-state index contributed by atoms with van der Waals surface area (Å²) in [5.74, 6) is 1.42. The van der Waals surface area contributed by atoms with Gasteiger partial charge in [-0.2, -0.15) is 5.10 Å². The predicted molar refractivity (Wildman–Crippen MR) is 82.6 cm³/mol. The number of hydrogen-bond acceptors (Lipinski definition) is 3. The van der Waals surface area contributed by atoms with Crippen molar-refractivity contribution in [3.63, 3.8) is 0 Å². The summed E-state index contributed by atoms with van der Waals surface area (Å²) in [5.41, 5.74) is 6.40. The van der Waals surface area contributed by atoms with Crippen molar-refractivity contribution in [1.82, 2.24) is 9.78 Å². The Labute approximate surface area is 125 Å². The number of benzene rings is 1. The molecule has 0 aliphatic heterocycles. The van der Waals surface area contributed by atoms with Gasteiger partial charge >= 0.3 is 0 Å². The quantitative estimate of drug-likeness (QED) is 0.847.